The lowest BCUT2D eigenvalue weighted by Gasteiger charge is -2.13. The van der Waals surface area contributed by atoms with E-state index in [-0.39, 0.29) is 16.8 Å². The van der Waals surface area contributed by atoms with Gasteiger partial charge in [0.05, 0.1) is 16.0 Å². The minimum atomic E-state index is -3.57. The SMILES string of the molecule is CCCOc1ccc(C(=O)Nc2ccc(S(=O)(=O)NC(C)CC)cc2)cc1Br. The second-order valence-electron chi connectivity index (χ2n) is 6.40. The van der Waals surface area contributed by atoms with Crippen LogP contribution in [0.3, 0.4) is 0 Å². The molecule has 2 aromatic rings. The van der Waals surface area contributed by atoms with Crippen LogP contribution < -0.4 is 14.8 Å². The summed E-state index contributed by atoms with van der Waals surface area (Å²) in [5.41, 5.74) is 0.973. The van der Waals surface area contributed by atoms with Gasteiger partial charge < -0.3 is 10.1 Å². The lowest BCUT2D eigenvalue weighted by atomic mass is 10.2. The molecular weight excluding hydrogens is 444 g/mol. The minimum absolute atomic E-state index is 0.146. The third kappa shape index (κ3) is 6.05. The predicted molar refractivity (Wildman–Crippen MR) is 114 cm³/mol. The molecule has 6 nitrogen and oxygen atoms in total. The van der Waals surface area contributed by atoms with Crippen molar-refractivity contribution in [3.8, 4) is 5.75 Å². The highest BCUT2D eigenvalue weighted by Gasteiger charge is 2.16. The molecule has 0 heterocycles. The number of ether oxygens (including phenoxy) is 1. The number of carbonyl (C=O) groups is 1. The zero-order valence-corrected chi connectivity index (χ0v) is 18.6. The van der Waals surface area contributed by atoms with Gasteiger partial charge >= 0.3 is 0 Å². The quantitative estimate of drug-likeness (QED) is 0.564. The smallest absolute Gasteiger partial charge is 0.255 e. The van der Waals surface area contributed by atoms with Crippen LogP contribution >= 0.6 is 15.9 Å². The molecule has 1 unspecified atom stereocenters. The summed E-state index contributed by atoms with van der Waals surface area (Å²) in [6, 6.07) is 11.0. The average Bonchev–Trinajstić information content (AvgIpc) is 2.67. The minimum Gasteiger partial charge on any atom is -0.492 e. The molecule has 8 heteroatoms. The predicted octanol–water partition coefficient (Wildman–Crippen LogP) is 4.57. The van der Waals surface area contributed by atoms with Crippen LogP contribution in [0.25, 0.3) is 0 Å². The highest BCUT2D eigenvalue weighted by atomic mass is 79.9. The van der Waals surface area contributed by atoms with Gasteiger partial charge in [-0.3, -0.25) is 4.79 Å². The van der Waals surface area contributed by atoms with Crippen LogP contribution in [0.5, 0.6) is 5.75 Å². The summed E-state index contributed by atoms with van der Waals surface area (Å²) in [5.74, 6) is 0.387. The van der Waals surface area contributed by atoms with E-state index < -0.39 is 10.0 Å². The van der Waals surface area contributed by atoms with Crippen LogP contribution in [0.2, 0.25) is 0 Å². The molecule has 0 saturated heterocycles. The van der Waals surface area contributed by atoms with E-state index in [2.05, 4.69) is 26.0 Å². The number of hydrogen-bond donors (Lipinski definition) is 2. The van der Waals surface area contributed by atoms with Crippen molar-refractivity contribution < 1.29 is 17.9 Å². The Labute approximate surface area is 174 Å². The Hall–Kier alpha value is -1.90. The van der Waals surface area contributed by atoms with Crippen LogP contribution in [0.4, 0.5) is 5.69 Å². The lowest BCUT2D eigenvalue weighted by Crippen LogP contribution is -2.31. The summed E-state index contributed by atoms with van der Waals surface area (Å²) < 4.78 is 33.5. The number of hydrogen-bond acceptors (Lipinski definition) is 4. The summed E-state index contributed by atoms with van der Waals surface area (Å²) >= 11 is 3.41. The largest absolute Gasteiger partial charge is 0.492 e. The van der Waals surface area contributed by atoms with Crippen molar-refractivity contribution in [3.05, 3.63) is 52.5 Å². The molecule has 0 spiro atoms. The number of rotatable bonds is 9. The standard InChI is InChI=1S/C20H25BrN2O4S/c1-4-12-27-19-11-6-15(13-18(19)21)20(24)22-16-7-9-17(10-8-16)28(25,26)23-14(3)5-2/h6-11,13-14,23H,4-5,12H2,1-3H3,(H,22,24). The third-order valence-electron chi connectivity index (χ3n) is 4.05. The number of benzene rings is 2. The monoisotopic (exact) mass is 468 g/mol. The van der Waals surface area contributed by atoms with E-state index in [0.717, 1.165) is 6.42 Å². The molecule has 2 N–H and O–H groups in total. The maximum absolute atomic E-state index is 12.5. The number of anilines is 1. The van der Waals surface area contributed by atoms with E-state index in [1.165, 1.54) is 12.1 Å². The first-order valence-corrected chi connectivity index (χ1v) is 11.4. The zero-order valence-electron chi connectivity index (χ0n) is 16.2. The number of carbonyl (C=O) groups excluding carboxylic acids is 1. The highest BCUT2D eigenvalue weighted by molar-refractivity contribution is 9.10. The molecule has 2 rings (SSSR count). The van der Waals surface area contributed by atoms with E-state index >= 15 is 0 Å². The zero-order chi connectivity index (χ0) is 20.7. The molecule has 1 amide bonds. The Morgan fingerprint density at radius 2 is 1.82 bits per heavy atom. The summed E-state index contributed by atoms with van der Waals surface area (Å²) in [6.07, 6.45) is 1.60. The molecule has 0 aliphatic heterocycles. The molecule has 0 radical (unpaired) electrons. The topological polar surface area (TPSA) is 84.5 Å². The maximum Gasteiger partial charge on any atom is 0.255 e. The van der Waals surface area contributed by atoms with Crippen molar-refractivity contribution in [2.75, 3.05) is 11.9 Å². The second-order valence-corrected chi connectivity index (χ2v) is 8.97. The van der Waals surface area contributed by atoms with Gasteiger partial charge in [0.1, 0.15) is 5.75 Å². The fraction of sp³-hybridized carbons (Fsp3) is 0.350. The molecule has 2 aromatic carbocycles. The number of nitrogens with one attached hydrogen (secondary N) is 2. The Morgan fingerprint density at radius 3 is 2.39 bits per heavy atom. The maximum atomic E-state index is 12.5. The summed E-state index contributed by atoms with van der Waals surface area (Å²) in [6.45, 7) is 6.34. The first-order chi connectivity index (χ1) is 13.3. The van der Waals surface area contributed by atoms with Gasteiger partial charge in [0, 0.05) is 17.3 Å². The Morgan fingerprint density at radius 1 is 1.14 bits per heavy atom. The van der Waals surface area contributed by atoms with Crippen molar-refractivity contribution in [1.82, 2.24) is 4.72 Å². The van der Waals surface area contributed by atoms with Crippen LogP contribution in [0.1, 0.15) is 44.0 Å². The van der Waals surface area contributed by atoms with Gasteiger partial charge in [0.2, 0.25) is 10.0 Å². The van der Waals surface area contributed by atoms with Crippen LogP contribution in [0.15, 0.2) is 51.8 Å². The Bertz CT molecular complexity index is 914. The van der Waals surface area contributed by atoms with E-state index in [9.17, 15) is 13.2 Å². The van der Waals surface area contributed by atoms with Gasteiger partial charge in [-0.15, -0.1) is 0 Å². The third-order valence-corrected chi connectivity index (χ3v) is 6.27. The molecule has 0 fully saturated rings. The summed E-state index contributed by atoms with van der Waals surface area (Å²) in [4.78, 5) is 12.6. The molecule has 152 valence electrons. The van der Waals surface area contributed by atoms with Crippen molar-refractivity contribution in [1.29, 1.82) is 0 Å². The molecule has 1 atom stereocenters. The van der Waals surface area contributed by atoms with Crippen LogP contribution in [0, 0.1) is 0 Å². The molecule has 0 bridgehead atoms. The molecule has 0 aromatic heterocycles. The van der Waals surface area contributed by atoms with Gasteiger partial charge in [0.25, 0.3) is 5.91 Å². The summed E-state index contributed by atoms with van der Waals surface area (Å²) in [7, 11) is -3.57. The first kappa shape index (κ1) is 22.4. The molecule has 0 saturated carbocycles. The fourth-order valence-corrected chi connectivity index (χ4v) is 4.13. The number of halogens is 1. The van der Waals surface area contributed by atoms with Crippen molar-refractivity contribution >= 4 is 37.5 Å². The van der Waals surface area contributed by atoms with E-state index in [0.29, 0.717) is 34.5 Å². The number of sulfonamides is 1. The van der Waals surface area contributed by atoms with Gasteiger partial charge in [-0.05, 0) is 78.2 Å². The summed E-state index contributed by atoms with van der Waals surface area (Å²) in [5, 5.41) is 2.76. The molecule has 28 heavy (non-hydrogen) atoms. The number of amides is 1. The van der Waals surface area contributed by atoms with Gasteiger partial charge in [-0.1, -0.05) is 13.8 Å². The van der Waals surface area contributed by atoms with Gasteiger partial charge in [-0.25, -0.2) is 13.1 Å². The van der Waals surface area contributed by atoms with Crippen molar-refractivity contribution in [2.24, 2.45) is 0 Å². The van der Waals surface area contributed by atoms with E-state index in [1.807, 2.05) is 20.8 Å². The molecular formula is C20H25BrN2O4S. The van der Waals surface area contributed by atoms with Crippen LogP contribution in [-0.2, 0) is 10.0 Å². The van der Waals surface area contributed by atoms with Crippen molar-refractivity contribution in [3.63, 3.8) is 0 Å². The van der Waals surface area contributed by atoms with E-state index in [1.54, 1.807) is 30.3 Å². The average molecular weight is 469 g/mol. The lowest BCUT2D eigenvalue weighted by molar-refractivity contribution is 0.102. The molecule has 0 aliphatic carbocycles. The highest BCUT2D eigenvalue weighted by Crippen LogP contribution is 2.26. The van der Waals surface area contributed by atoms with Gasteiger partial charge in [0.15, 0.2) is 0 Å². The first-order valence-electron chi connectivity index (χ1n) is 9.13. The molecule has 0 aliphatic rings. The van der Waals surface area contributed by atoms with Crippen molar-refractivity contribution in [2.45, 2.75) is 44.6 Å². The van der Waals surface area contributed by atoms with Crippen LogP contribution in [-0.4, -0.2) is 27.0 Å². The Kier molecular flexibility index (Phi) is 8.03. The van der Waals surface area contributed by atoms with Gasteiger partial charge in [-0.2, -0.15) is 0 Å². The Balaban J connectivity index is 2.07. The normalized spacial score (nSPS) is 12.4. The fourth-order valence-electron chi connectivity index (χ4n) is 2.31. The van der Waals surface area contributed by atoms with E-state index in [4.69, 9.17) is 4.74 Å². The second kappa shape index (κ2) is 10.0.